The lowest BCUT2D eigenvalue weighted by atomic mass is 10.2. The summed E-state index contributed by atoms with van der Waals surface area (Å²) in [6.07, 6.45) is 2.84. The van der Waals surface area contributed by atoms with Gasteiger partial charge in [-0.25, -0.2) is 4.39 Å². The number of halogens is 1. The number of amides is 1. The average molecular weight is 370 g/mol. The Kier molecular flexibility index (Phi) is 6.30. The van der Waals surface area contributed by atoms with Gasteiger partial charge in [0, 0.05) is 25.9 Å². The number of hydrogen-bond acceptors (Lipinski definition) is 5. The largest absolute Gasteiger partial charge is 0.365 e. The highest BCUT2D eigenvalue weighted by Crippen LogP contribution is 2.11. The van der Waals surface area contributed by atoms with Gasteiger partial charge in [-0.2, -0.15) is 4.52 Å². The summed E-state index contributed by atoms with van der Waals surface area (Å²) >= 11 is 0. The Morgan fingerprint density at radius 3 is 2.74 bits per heavy atom. The predicted molar refractivity (Wildman–Crippen MR) is 101 cm³/mol. The number of aryl methyl sites for hydroxylation is 1. The molecule has 27 heavy (non-hydrogen) atoms. The Morgan fingerprint density at radius 2 is 1.96 bits per heavy atom. The molecule has 2 N–H and O–H groups in total. The van der Waals surface area contributed by atoms with E-state index >= 15 is 0 Å². The zero-order chi connectivity index (χ0) is 19.1. The second-order valence-corrected chi connectivity index (χ2v) is 6.29. The summed E-state index contributed by atoms with van der Waals surface area (Å²) in [5.41, 5.74) is 1.58. The van der Waals surface area contributed by atoms with E-state index in [4.69, 9.17) is 0 Å². The van der Waals surface area contributed by atoms with Crippen molar-refractivity contribution >= 4 is 17.4 Å². The van der Waals surface area contributed by atoms with Gasteiger partial charge in [0.05, 0.1) is 0 Å². The van der Waals surface area contributed by atoms with Crippen molar-refractivity contribution in [3.63, 3.8) is 0 Å². The maximum Gasteiger partial charge on any atom is 0.220 e. The van der Waals surface area contributed by atoms with Crippen molar-refractivity contribution in [1.29, 1.82) is 0 Å². The van der Waals surface area contributed by atoms with Gasteiger partial charge in [-0.3, -0.25) is 4.79 Å². The third-order valence-corrected chi connectivity index (χ3v) is 4.14. The molecule has 0 aliphatic heterocycles. The number of carbonyl (C=O) groups excluding carboxylic acids is 1. The summed E-state index contributed by atoms with van der Waals surface area (Å²) in [6.45, 7) is 3.31. The fraction of sp³-hybridized carbons (Fsp3) is 0.368. The zero-order valence-electron chi connectivity index (χ0n) is 15.3. The Morgan fingerprint density at radius 1 is 1.15 bits per heavy atom. The first-order chi connectivity index (χ1) is 13.2. The van der Waals surface area contributed by atoms with Gasteiger partial charge in [-0.1, -0.05) is 25.5 Å². The zero-order valence-corrected chi connectivity index (χ0v) is 15.3. The number of unbranched alkanes of at least 4 members (excludes halogenated alkanes) is 1. The van der Waals surface area contributed by atoms with Crippen LogP contribution in [0.2, 0.25) is 0 Å². The molecule has 0 fully saturated rings. The molecule has 2 aromatic heterocycles. The SMILES string of the molecule is CCCCNC(=O)CCc1nnc2ccc(NCc3ccc(F)cc3)nn12. The third kappa shape index (κ3) is 5.22. The minimum absolute atomic E-state index is 0.00536. The molecule has 0 atom stereocenters. The van der Waals surface area contributed by atoms with Gasteiger partial charge in [0.15, 0.2) is 11.5 Å². The molecule has 0 unspecified atom stereocenters. The van der Waals surface area contributed by atoms with E-state index in [1.165, 1.54) is 12.1 Å². The first-order valence-corrected chi connectivity index (χ1v) is 9.12. The molecular formula is C19H23FN6O. The van der Waals surface area contributed by atoms with Gasteiger partial charge < -0.3 is 10.6 Å². The van der Waals surface area contributed by atoms with Crippen molar-refractivity contribution in [3.05, 3.63) is 53.6 Å². The van der Waals surface area contributed by atoms with Crippen LogP contribution < -0.4 is 10.6 Å². The summed E-state index contributed by atoms with van der Waals surface area (Å²) < 4.78 is 14.6. The second-order valence-electron chi connectivity index (χ2n) is 6.29. The highest BCUT2D eigenvalue weighted by atomic mass is 19.1. The van der Waals surface area contributed by atoms with Gasteiger partial charge in [-0.15, -0.1) is 15.3 Å². The first-order valence-electron chi connectivity index (χ1n) is 9.12. The Bertz CT molecular complexity index is 893. The van der Waals surface area contributed by atoms with Crippen molar-refractivity contribution in [1.82, 2.24) is 25.1 Å². The molecule has 142 valence electrons. The molecule has 0 saturated heterocycles. The number of carbonyl (C=O) groups is 1. The molecule has 0 saturated carbocycles. The van der Waals surface area contributed by atoms with Crippen molar-refractivity contribution in [3.8, 4) is 0 Å². The molecule has 0 aliphatic rings. The average Bonchev–Trinajstić information content (AvgIpc) is 3.08. The molecule has 1 aromatic carbocycles. The second kappa shape index (κ2) is 9.07. The van der Waals surface area contributed by atoms with Gasteiger partial charge in [0.25, 0.3) is 0 Å². The van der Waals surface area contributed by atoms with Crippen LogP contribution in [0.25, 0.3) is 5.65 Å². The van der Waals surface area contributed by atoms with Crippen LogP contribution in [-0.4, -0.2) is 32.3 Å². The van der Waals surface area contributed by atoms with Gasteiger partial charge in [-0.05, 0) is 36.2 Å². The van der Waals surface area contributed by atoms with Crippen LogP contribution in [0.5, 0.6) is 0 Å². The van der Waals surface area contributed by atoms with E-state index in [1.54, 1.807) is 16.6 Å². The lowest BCUT2D eigenvalue weighted by molar-refractivity contribution is -0.121. The van der Waals surface area contributed by atoms with Crippen molar-refractivity contribution in [2.24, 2.45) is 0 Å². The van der Waals surface area contributed by atoms with Gasteiger partial charge in [0.2, 0.25) is 5.91 Å². The van der Waals surface area contributed by atoms with Gasteiger partial charge >= 0.3 is 0 Å². The summed E-state index contributed by atoms with van der Waals surface area (Å²) in [5, 5.41) is 18.8. The maximum atomic E-state index is 13.0. The van der Waals surface area contributed by atoms with Crippen LogP contribution in [0.1, 0.15) is 37.6 Å². The number of benzene rings is 1. The first kappa shape index (κ1) is 18.8. The maximum absolute atomic E-state index is 13.0. The fourth-order valence-electron chi connectivity index (χ4n) is 2.60. The van der Waals surface area contributed by atoms with Crippen molar-refractivity contribution < 1.29 is 9.18 Å². The number of hydrogen-bond donors (Lipinski definition) is 2. The van der Waals surface area contributed by atoms with E-state index in [9.17, 15) is 9.18 Å². The monoisotopic (exact) mass is 370 g/mol. The van der Waals surface area contributed by atoms with E-state index in [0.717, 1.165) is 18.4 Å². The smallest absolute Gasteiger partial charge is 0.220 e. The van der Waals surface area contributed by atoms with Crippen molar-refractivity contribution in [2.75, 3.05) is 11.9 Å². The Labute approximate surface area is 157 Å². The van der Waals surface area contributed by atoms with E-state index < -0.39 is 0 Å². The highest BCUT2D eigenvalue weighted by Gasteiger charge is 2.10. The van der Waals surface area contributed by atoms with E-state index in [2.05, 4.69) is 32.9 Å². The van der Waals surface area contributed by atoms with E-state index in [-0.39, 0.29) is 11.7 Å². The van der Waals surface area contributed by atoms with Crippen LogP contribution in [0, 0.1) is 5.82 Å². The molecule has 0 radical (unpaired) electrons. The van der Waals surface area contributed by atoms with Gasteiger partial charge in [0.1, 0.15) is 11.6 Å². The Hall–Kier alpha value is -3.03. The number of nitrogens with one attached hydrogen (secondary N) is 2. The molecular weight excluding hydrogens is 347 g/mol. The standard InChI is InChI=1S/C19H23FN6O/c1-2-3-12-21-19(27)11-10-18-24-23-17-9-8-16(25-26(17)18)22-13-14-4-6-15(20)7-5-14/h4-9H,2-3,10-13H2,1H3,(H,21,27)(H,22,25). The number of aromatic nitrogens is 4. The number of fused-ring (bicyclic) bond motifs is 1. The van der Waals surface area contributed by atoms with Crippen LogP contribution in [0.4, 0.5) is 10.2 Å². The fourth-order valence-corrected chi connectivity index (χ4v) is 2.60. The van der Waals surface area contributed by atoms with Crippen LogP contribution in [0.15, 0.2) is 36.4 Å². The molecule has 0 spiro atoms. The minimum Gasteiger partial charge on any atom is -0.365 e. The normalized spacial score (nSPS) is 10.9. The lowest BCUT2D eigenvalue weighted by Gasteiger charge is -2.07. The van der Waals surface area contributed by atoms with E-state index in [0.29, 0.717) is 43.2 Å². The van der Waals surface area contributed by atoms with Crippen LogP contribution in [-0.2, 0) is 17.8 Å². The van der Waals surface area contributed by atoms with E-state index in [1.807, 2.05) is 12.1 Å². The number of rotatable bonds is 9. The number of anilines is 1. The molecule has 2 heterocycles. The van der Waals surface area contributed by atoms with Crippen LogP contribution >= 0.6 is 0 Å². The summed E-state index contributed by atoms with van der Waals surface area (Å²) in [4.78, 5) is 11.9. The number of nitrogens with zero attached hydrogens (tertiary/aromatic N) is 4. The molecule has 0 aliphatic carbocycles. The third-order valence-electron chi connectivity index (χ3n) is 4.14. The highest BCUT2D eigenvalue weighted by molar-refractivity contribution is 5.76. The molecule has 3 aromatic rings. The molecule has 1 amide bonds. The minimum atomic E-state index is -0.258. The molecule has 7 nitrogen and oxygen atoms in total. The predicted octanol–water partition coefficient (Wildman–Crippen LogP) is 2.72. The lowest BCUT2D eigenvalue weighted by Crippen LogP contribution is -2.24. The topological polar surface area (TPSA) is 84.2 Å². The summed E-state index contributed by atoms with van der Waals surface area (Å²) in [5.74, 6) is 1.04. The molecule has 0 bridgehead atoms. The summed E-state index contributed by atoms with van der Waals surface area (Å²) in [7, 11) is 0. The van der Waals surface area contributed by atoms with Crippen LogP contribution in [0.3, 0.4) is 0 Å². The van der Waals surface area contributed by atoms with Crippen molar-refractivity contribution in [2.45, 2.75) is 39.2 Å². The molecule has 3 rings (SSSR count). The Balaban J connectivity index is 1.61. The quantitative estimate of drug-likeness (QED) is 0.566. The molecule has 8 heteroatoms. The summed E-state index contributed by atoms with van der Waals surface area (Å²) in [6, 6.07) is 9.94.